The van der Waals surface area contributed by atoms with E-state index in [0.29, 0.717) is 4.99 Å². The van der Waals surface area contributed by atoms with Crippen LogP contribution in [0.25, 0.3) is 0 Å². The summed E-state index contributed by atoms with van der Waals surface area (Å²) in [4.78, 5) is 4.88. The van der Waals surface area contributed by atoms with E-state index in [4.69, 9.17) is 17.0 Å². The molecule has 0 aromatic carbocycles. The standard InChI is InChI=1S/C10H10N2OS/c1-13-8-5-7-3-2-4-11-9(7)10(14)12-6-8/h2-4,6H,5H2,1H3,(H,12,14). The molecule has 0 bridgehead atoms. The first kappa shape index (κ1) is 9.15. The molecule has 0 atom stereocenters. The van der Waals surface area contributed by atoms with Gasteiger partial charge in [-0.15, -0.1) is 0 Å². The predicted molar refractivity (Wildman–Crippen MR) is 57.9 cm³/mol. The Morgan fingerprint density at radius 1 is 1.57 bits per heavy atom. The minimum absolute atomic E-state index is 0.646. The summed E-state index contributed by atoms with van der Waals surface area (Å²) in [5.74, 6) is 0.860. The molecule has 0 fully saturated rings. The summed E-state index contributed by atoms with van der Waals surface area (Å²) in [6, 6.07) is 3.91. The van der Waals surface area contributed by atoms with Crippen molar-refractivity contribution in [3.63, 3.8) is 0 Å². The number of methoxy groups -OCH3 is 1. The van der Waals surface area contributed by atoms with Gasteiger partial charge in [-0.2, -0.15) is 0 Å². The van der Waals surface area contributed by atoms with Crippen molar-refractivity contribution in [3.05, 3.63) is 41.5 Å². The van der Waals surface area contributed by atoms with Crippen LogP contribution >= 0.6 is 12.2 Å². The van der Waals surface area contributed by atoms with Crippen LogP contribution in [-0.2, 0) is 11.2 Å². The number of pyridine rings is 1. The van der Waals surface area contributed by atoms with E-state index < -0.39 is 0 Å². The molecule has 0 spiro atoms. The fourth-order valence-electron chi connectivity index (χ4n) is 1.37. The molecular formula is C10H10N2OS. The average Bonchev–Trinajstić information content (AvgIpc) is 2.39. The van der Waals surface area contributed by atoms with Crippen molar-refractivity contribution in [2.24, 2.45) is 0 Å². The summed E-state index contributed by atoms with van der Waals surface area (Å²) in [5, 5.41) is 2.98. The second-order valence-electron chi connectivity index (χ2n) is 2.98. The molecule has 2 rings (SSSR count). The second kappa shape index (κ2) is 3.75. The topological polar surface area (TPSA) is 34.1 Å². The van der Waals surface area contributed by atoms with Gasteiger partial charge < -0.3 is 10.1 Å². The summed E-state index contributed by atoms with van der Waals surface area (Å²) in [7, 11) is 1.65. The van der Waals surface area contributed by atoms with Crippen LogP contribution in [0.3, 0.4) is 0 Å². The molecule has 0 unspecified atom stereocenters. The smallest absolute Gasteiger partial charge is 0.129 e. The Balaban J connectivity index is 2.44. The third kappa shape index (κ3) is 1.61. The number of hydrogen-bond acceptors (Lipinski definition) is 3. The van der Waals surface area contributed by atoms with E-state index in [1.54, 1.807) is 19.5 Å². The van der Waals surface area contributed by atoms with Crippen LogP contribution in [0.15, 0.2) is 30.3 Å². The molecule has 1 N–H and O–H groups in total. The lowest BCUT2D eigenvalue weighted by Crippen LogP contribution is -2.17. The zero-order chi connectivity index (χ0) is 9.97. The molecule has 1 aliphatic heterocycles. The lowest BCUT2D eigenvalue weighted by Gasteiger charge is -2.04. The third-order valence-corrected chi connectivity index (χ3v) is 2.41. The second-order valence-corrected chi connectivity index (χ2v) is 3.38. The average molecular weight is 206 g/mol. The predicted octanol–water partition coefficient (Wildman–Crippen LogP) is 1.39. The summed E-state index contributed by atoms with van der Waals surface area (Å²) in [5.41, 5.74) is 1.93. The molecule has 1 aliphatic rings. The SMILES string of the molecule is COC1=CNC(=S)c2ncccc2C1. The van der Waals surface area contributed by atoms with Gasteiger partial charge in [-0.05, 0) is 11.6 Å². The Kier molecular flexibility index (Phi) is 2.45. The highest BCUT2D eigenvalue weighted by Crippen LogP contribution is 2.15. The van der Waals surface area contributed by atoms with Crippen LogP contribution in [0.5, 0.6) is 0 Å². The van der Waals surface area contributed by atoms with Gasteiger partial charge in [0.2, 0.25) is 0 Å². The van der Waals surface area contributed by atoms with Crippen LogP contribution in [0, 0.1) is 0 Å². The number of thiocarbonyl (C=S) groups is 1. The van der Waals surface area contributed by atoms with Gasteiger partial charge in [0, 0.05) is 18.8 Å². The molecule has 0 amide bonds. The van der Waals surface area contributed by atoms with Gasteiger partial charge in [0.05, 0.1) is 7.11 Å². The van der Waals surface area contributed by atoms with Crippen molar-refractivity contribution in [2.45, 2.75) is 6.42 Å². The Hall–Kier alpha value is -1.42. The molecule has 3 nitrogen and oxygen atoms in total. The molecule has 4 heteroatoms. The van der Waals surface area contributed by atoms with Crippen molar-refractivity contribution in [3.8, 4) is 0 Å². The molecule has 1 aromatic heterocycles. The lowest BCUT2D eigenvalue weighted by molar-refractivity contribution is 0.281. The summed E-state index contributed by atoms with van der Waals surface area (Å²) >= 11 is 5.17. The van der Waals surface area contributed by atoms with Crippen LogP contribution in [0.4, 0.5) is 0 Å². The van der Waals surface area contributed by atoms with Crippen molar-refractivity contribution in [1.29, 1.82) is 0 Å². The van der Waals surface area contributed by atoms with Crippen LogP contribution in [-0.4, -0.2) is 17.1 Å². The van der Waals surface area contributed by atoms with Gasteiger partial charge in [-0.3, -0.25) is 4.98 Å². The number of fused-ring (bicyclic) bond motifs is 1. The largest absolute Gasteiger partial charge is 0.499 e. The molecule has 0 radical (unpaired) electrons. The minimum Gasteiger partial charge on any atom is -0.499 e. The first-order chi connectivity index (χ1) is 6.81. The number of aromatic nitrogens is 1. The van der Waals surface area contributed by atoms with Crippen molar-refractivity contribution in [2.75, 3.05) is 7.11 Å². The van der Waals surface area contributed by atoms with Crippen LogP contribution in [0.2, 0.25) is 0 Å². The molecule has 1 aromatic rings. The monoisotopic (exact) mass is 206 g/mol. The molecule has 0 saturated heterocycles. The van der Waals surface area contributed by atoms with Crippen LogP contribution < -0.4 is 5.32 Å². The van der Waals surface area contributed by atoms with Crippen molar-refractivity contribution >= 4 is 17.2 Å². The van der Waals surface area contributed by atoms with Crippen molar-refractivity contribution < 1.29 is 4.74 Å². The highest BCUT2D eigenvalue weighted by molar-refractivity contribution is 7.80. The third-order valence-electron chi connectivity index (χ3n) is 2.10. The number of allylic oxidation sites excluding steroid dienone is 1. The lowest BCUT2D eigenvalue weighted by atomic mass is 10.1. The van der Waals surface area contributed by atoms with Gasteiger partial charge in [0.25, 0.3) is 0 Å². The van der Waals surface area contributed by atoms with Gasteiger partial charge in [-0.25, -0.2) is 0 Å². The Labute approximate surface area is 87.8 Å². The molecule has 0 saturated carbocycles. The summed E-state index contributed by atoms with van der Waals surface area (Å²) in [6.07, 6.45) is 4.25. The Morgan fingerprint density at radius 2 is 2.43 bits per heavy atom. The molecule has 72 valence electrons. The van der Waals surface area contributed by atoms with Crippen molar-refractivity contribution in [1.82, 2.24) is 10.3 Å². The highest BCUT2D eigenvalue weighted by Gasteiger charge is 2.13. The maximum Gasteiger partial charge on any atom is 0.129 e. The van der Waals surface area contributed by atoms with Gasteiger partial charge >= 0.3 is 0 Å². The Bertz CT molecular complexity index is 401. The molecular weight excluding hydrogens is 196 g/mol. The van der Waals surface area contributed by atoms with E-state index in [-0.39, 0.29) is 0 Å². The number of rotatable bonds is 1. The highest BCUT2D eigenvalue weighted by atomic mass is 32.1. The van der Waals surface area contributed by atoms with E-state index in [2.05, 4.69) is 10.3 Å². The molecule has 0 aliphatic carbocycles. The first-order valence-corrected chi connectivity index (χ1v) is 4.70. The minimum atomic E-state index is 0.646. The molecule has 2 heterocycles. The Morgan fingerprint density at radius 3 is 3.21 bits per heavy atom. The van der Waals surface area contributed by atoms with Gasteiger partial charge in [0.15, 0.2) is 0 Å². The first-order valence-electron chi connectivity index (χ1n) is 4.29. The normalized spacial score (nSPS) is 14.9. The number of nitrogens with zero attached hydrogens (tertiary/aromatic N) is 1. The van der Waals surface area contributed by atoms with E-state index in [1.165, 1.54) is 0 Å². The number of hydrogen-bond donors (Lipinski definition) is 1. The van der Waals surface area contributed by atoms with E-state index in [9.17, 15) is 0 Å². The summed E-state index contributed by atoms with van der Waals surface area (Å²) in [6.45, 7) is 0. The zero-order valence-electron chi connectivity index (χ0n) is 7.78. The zero-order valence-corrected chi connectivity index (χ0v) is 8.60. The van der Waals surface area contributed by atoms with E-state index in [0.717, 1.165) is 23.4 Å². The van der Waals surface area contributed by atoms with Gasteiger partial charge in [-0.1, -0.05) is 18.3 Å². The maximum atomic E-state index is 5.19. The number of nitrogens with one attached hydrogen (secondary N) is 1. The molecule has 14 heavy (non-hydrogen) atoms. The summed E-state index contributed by atoms with van der Waals surface area (Å²) < 4.78 is 5.19. The van der Waals surface area contributed by atoms with E-state index in [1.807, 2.05) is 12.1 Å². The fourth-order valence-corrected chi connectivity index (χ4v) is 1.61. The maximum absolute atomic E-state index is 5.19. The quantitative estimate of drug-likeness (QED) is 0.704. The van der Waals surface area contributed by atoms with E-state index >= 15 is 0 Å². The van der Waals surface area contributed by atoms with Gasteiger partial charge in [0.1, 0.15) is 16.4 Å². The number of ether oxygens (including phenoxy) is 1. The van der Waals surface area contributed by atoms with Crippen LogP contribution in [0.1, 0.15) is 11.3 Å². The fraction of sp³-hybridized carbons (Fsp3) is 0.200.